The van der Waals surface area contributed by atoms with Crippen molar-refractivity contribution < 1.29 is 0 Å². The first-order valence-corrected chi connectivity index (χ1v) is 47.9. The van der Waals surface area contributed by atoms with Gasteiger partial charge in [-0.1, -0.05) is 197 Å². The Bertz CT molecular complexity index is 727. The number of hydrogen-bond acceptors (Lipinski definition) is 0. The van der Waals surface area contributed by atoms with Gasteiger partial charge in [0.15, 0.2) is 0 Å². The van der Waals surface area contributed by atoms with Crippen LogP contribution in [0.3, 0.4) is 0 Å². The third kappa shape index (κ3) is 7.36. The van der Waals surface area contributed by atoms with E-state index in [1.807, 2.05) is 0 Å². The van der Waals surface area contributed by atoms with Crippen LogP contribution in [0.5, 0.6) is 0 Å². The normalized spacial score (nSPS) is 23.0. The molecule has 2 heterocycles. The monoisotopic (exact) mass is 742 g/mol. The Balaban J connectivity index is 0.000000420. The van der Waals surface area contributed by atoms with Gasteiger partial charge < -0.3 is 0 Å². The molecule has 0 atom stereocenters. The van der Waals surface area contributed by atoms with Crippen LogP contribution in [0.25, 0.3) is 0 Å². The molecule has 2 aliphatic heterocycles. The third-order valence-corrected chi connectivity index (χ3v) is 82.3. The van der Waals surface area contributed by atoms with Gasteiger partial charge in [0.25, 0.3) is 0 Å². The molecule has 0 aliphatic carbocycles. The minimum absolute atomic E-state index is 0.636. The second kappa shape index (κ2) is 12.3. The highest BCUT2D eigenvalue weighted by molar-refractivity contribution is 7.18. The maximum Gasteiger partial charge on any atom is 0.203 e. The summed E-state index contributed by atoms with van der Waals surface area (Å²) in [5, 5.41) is 0. The molecule has 2 fully saturated rings. The highest BCUT2D eigenvalue weighted by Gasteiger charge is 2.67. The fraction of sp³-hybridized carbons (Fsp3) is 1.00. The van der Waals surface area contributed by atoms with Gasteiger partial charge in [-0.25, -0.2) is 0 Å². The maximum atomic E-state index is 2.70. The van der Waals surface area contributed by atoms with Crippen molar-refractivity contribution in [1.29, 1.82) is 0 Å². The van der Waals surface area contributed by atoms with E-state index in [2.05, 4.69) is 157 Å². The summed E-state index contributed by atoms with van der Waals surface area (Å²) in [5.74, 6) is 0. The molecule has 0 bridgehead atoms. The van der Waals surface area contributed by atoms with Crippen LogP contribution in [0.2, 0.25) is 171 Å². The van der Waals surface area contributed by atoms with Gasteiger partial charge in [-0.3, -0.25) is 0 Å². The zero-order chi connectivity index (χ0) is 34.2. The molecule has 0 saturated carbocycles. The molecular formula is C32H80Al2Si8. The lowest BCUT2D eigenvalue weighted by atomic mass is 10.4. The summed E-state index contributed by atoms with van der Waals surface area (Å²) in [6.45, 7) is 64.7. The van der Waals surface area contributed by atoms with Crippen LogP contribution >= 0.6 is 0 Å². The molecule has 2 radical (unpaired) electrons. The van der Waals surface area contributed by atoms with Crippen molar-refractivity contribution in [2.24, 2.45) is 0 Å². The first-order chi connectivity index (χ1) is 17.8. The molecule has 0 N–H and O–H groups in total. The second-order valence-corrected chi connectivity index (χ2v) is 77.5. The molecule has 2 saturated heterocycles. The summed E-state index contributed by atoms with van der Waals surface area (Å²) in [6, 6.07) is 0. The van der Waals surface area contributed by atoms with Crippen molar-refractivity contribution in [3.8, 4) is 0 Å². The van der Waals surface area contributed by atoms with E-state index in [4.69, 9.17) is 0 Å². The van der Waals surface area contributed by atoms with E-state index in [0.717, 1.165) is 14.1 Å². The lowest BCUT2D eigenvalue weighted by Gasteiger charge is -2.55. The van der Waals surface area contributed by atoms with Gasteiger partial charge in [-0.15, -0.1) is 0 Å². The van der Waals surface area contributed by atoms with E-state index < -0.39 is 64.6 Å². The summed E-state index contributed by atoms with van der Waals surface area (Å²) in [6.07, 6.45) is 6.40. The van der Waals surface area contributed by atoms with Gasteiger partial charge in [0, 0.05) is 64.6 Å². The van der Waals surface area contributed by atoms with Gasteiger partial charge >= 0.3 is 0 Å². The van der Waals surface area contributed by atoms with E-state index in [9.17, 15) is 0 Å². The standard InChI is InChI=1S/2C16H40Si4.2Al/c2*1-17(2,3)15(18(4,5)6)13-14-16(19(7,8)9)20(10,11)12;;/h2*13-14H2,1-12H3;;. The number of hydrogen-bond donors (Lipinski definition) is 0. The van der Waals surface area contributed by atoms with Crippen LogP contribution in [0.15, 0.2) is 0 Å². The molecule has 0 aromatic heterocycles. The Labute approximate surface area is 289 Å². The Morgan fingerprint density at radius 1 is 0.238 bits per heavy atom. The molecule has 2 aliphatic rings. The Morgan fingerprint density at radius 3 is 0.381 bits per heavy atom. The third-order valence-electron chi connectivity index (χ3n) is 13.5. The van der Waals surface area contributed by atoms with Crippen molar-refractivity contribution >= 4 is 95.0 Å². The van der Waals surface area contributed by atoms with E-state index in [0.29, 0.717) is 30.4 Å². The lowest BCUT2D eigenvalue weighted by Crippen LogP contribution is -2.62. The minimum Gasteiger partial charge on any atom is -0.0891 e. The largest absolute Gasteiger partial charge is 0.203 e. The van der Waals surface area contributed by atoms with Gasteiger partial charge in [0.05, 0.1) is 0 Å². The average Bonchev–Trinajstić information content (AvgIpc) is 3.29. The summed E-state index contributed by atoms with van der Waals surface area (Å²) in [7, 11) is -8.90. The van der Waals surface area contributed by atoms with Crippen LogP contribution < -0.4 is 0 Å². The predicted molar refractivity (Wildman–Crippen MR) is 228 cm³/mol. The molecule has 0 amide bonds. The molecule has 0 aromatic carbocycles. The zero-order valence-corrected chi connectivity index (χ0v) is 44.3. The van der Waals surface area contributed by atoms with Gasteiger partial charge in [0.1, 0.15) is 0 Å². The fourth-order valence-electron chi connectivity index (χ4n) is 11.2. The van der Waals surface area contributed by atoms with Crippen LogP contribution in [-0.4, -0.2) is 95.0 Å². The molecule has 0 spiro atoms. The topological polar surface area (TPSA) is 0 Å². The van der Waals surface area contributed by atoms with Crippen molar-refractivity contribution in [3.63, 3.8) is 0 Å². The highest BCUT2D eigenvalue weighted by Crippen LogP contribution is 2.68. The lowest BCUT2D eigenvalue weighted by molar-refractivity contribution is 0.763. The van der Waals surface area contributed by atoms with E-state index >= 15 is 0 Å². The molecule has 246 valence electrons. The Morgan fingerprint density at radius 2 is 0.333 bits per heavy atom. The van der Waals surface area contributed by atoms with Gasteiger partial charge in [-0.05, 0) is 0 Å². The van der Waals surface area contributed by atoms with E-state index in [-0.39, 0.29) is 0 Å². The Hall–Kier alpha value is 2.80. The summed E-state index contributed by atoms with van der Waals surface area (Å²) < 4.78 is 3.39. The molecule has 0 unspecified atom stereocenters. The van der Waals surface area contributed by atoms with Crippen LogP contribution in [0.4, 0.5) is 0 Å². The second-order valence-electron chi connectivity index (χ2n) is 23.2. The first kappa shape index (κ1) is 42.8. The van der Waals surface area contributed by atoms with Gasteiger partial charge in [-0.2, -0.15) is 0 Å². The minimum atomic E-state index is -1.11. The average molecular weight is 744 g/mol. The molecule has 2 rings (SSSR count). The van der Waals surface area contributed by atoms with Crippen molar-refractivity contribution in [2.45, 2.75) is 197 Å². The molecular weight excluding hydrogens is 663 g/mol. The SMILES string of the molecule is C[Si](C)(C)[C]1([Si](C)(C)C)CC[C]([Si](C)(C)C)([Si](C)(C)C)[Al]1.C[Si](C)(C)[C]1([Si](C)(C)C)CC[C]([Si](C)(C)C)([Si](C)(C)C)[Al]1. The van der Waals surface area contributed by atoms with E-state index in [1.165, 1.54) is 0 Å². The summed E-state index contributed by atoms with van der Waals surface area (Å²) in [5.41, 5.74) is 0. The van der Waals surface area contributed by atoms with Crippen molar-refractivity contribution in [1.82, 2.24) is 0 Å². The first-order valence-electron chi connectivity index (χ1n) is 17.6. The quantitative estimate of drug-likeness (QED) is 0.217. The van der Waals surface area contributed by atoms with Gasteiger partial charge in [0.2, 0.25) is 30.4 Å². The number of rotatable bonds is 8. The predicted octanol–water partition coefficient (Wildman–Crippen LogP) is 12.6. The smallest absolute Gasteiger partial charge is 0.0891 e. The van der Waals surface area contributed by atoms with Crippen molar-refractivity contribution in [2.75, 3.05) is 0 Å². The van der Waals surface area contributed by atoms with Crippen molar-refractivity contribution in [3.05, 3.63) is 0 Å². The zero-order valence-electron chi connectivity index (χ0n) is 34.0. The molecule has 0 aromatic rings. The Kier molecular flexibility index (Phi) is 12.5. The highest BCUT2D eigenvalue weighted by atomic mass is 28.4. The molecule has 42 heavy (non-hydrogen) atoms. The summed E-state index contributed by atoms with van der Waals surface area (Å²) >= 11 is 1.27. The molecule has 0 nitrogen and oxygen atoms in total. The van der Waals surface area contributed by atoms with Crippen LogP contribution in [0.1, 0.15) is 25.7 Å². The summed E-state index contributed by atoms with van der Waals surface area (Å²) in [4.78, 5) is 0. The van der Waals surface area contributed by atoms with E-state index in [1.54, 1.807) is 25.7 Å². The fourth-order valence-corrected chi connectivity index (χ4v) is 80.2. The maximum absolute atomic E-state index is 2.70. The van der Waals surface area contributed by atoms with Crippen LogP contribution in [0, 0.1) is 0 Å². The van der Waals surface area contributed by atoms with Crippen LogP contribution in [-0.2, 0) is 0 Å². The molecule has 10 heteroatoms.